The molecule has 0 unspecified atom stereocenters. The Labute approximate surface area is 577 Å². The lowest BCUT2D eigenvalue weighted by Crippen LogP contribution is -2.42. The number of likely N-dealkylation sites (N-methyl/N-ethyl adjacent to an activating group) is 4. The molecule has 23 nitrogen and oxygen atoms in total. The Morgan fingerprint density at radius 1 is 0.289 bits per heavy atom. The molecular weight excluding hydrogens is 1220 g/mol. The second-order valence-electron chi connectivity index (χ2n) is 22.7. The monoisotopic (exact) mass is 1330 g/mol. The van der Waals surface area contributed by atoms with Crippen molar-refractivity contribution in [2.45, 2.75) is 27.2 Å². The van der Waals surface area contributed by atoms with Crippen molar-refractivity contribution in [2.75, 3.05) is 199 Å². The molecule has 0 saturated carbocycles. The topological polar surface area (TPSA) is 268 Å². The van der Waals surface area contributed by atoms with Crippen LogP contribution in [0.2, 0.25) is 0 Å². The molecule has 0 aliphatic heterocycles. The van der Waals surface area contributed by atoms with Crippen LogP contribution in [0.25, 0.3) is 0 Å². The van der Waals surface area contributed by atoms with Gasteiger partial charge in [-0.3, -0.25) is 68.5 Å². The molecule has 9 N–H and O–H groups in total. The minimum atomic E-state index is -0.153. The van der Waals surface area contributed by atoms with E-state index in [1.54, 1.807) is 19.2 Å². The van der Waals surface area contributed by atoms with E-state index in [1.165, 1.54) is 0 Å². The molecule has 5 aromatic rings. The minimum Gasteiger partial charge on any atom is -0.355 e. The zero-order valence-corrected chi connectivity index (χ0v) is 58.9. The first-order valence-electron chi connectivity index (χ1n) is 34.3. The number of carbonyl (C=O) groups is 5. The van der Waals surface area contributed by atoms with Gasteiger partial charge in [0.05, 0.1) is 26.2 Å². The van der Waals surface area contributed by atoms with E-state index in [2.05, 4.69) is 89.4 Å². The summed E-state index contributed by atoms with van der Waals surface area (Å²) in [6, 6.07) is 37.1. The van der Waals surface area contributed by atoms with E-state index < -0.39 is 0 Å². The van der Waals surface area contributed by atoms with Crippen molar-refractivity contribution < 1.29 is 24.0 Å². The summed E-state index contributed by atoms with van der Waals surface area (Å²) in [6.45, 7) is 23.3. The predicted molar refractivity (Wildman–Crippen MR) is 400 cm³/mol. The molecule has 0 spiro atoms. The fourth-order valence-electron chi connectivity index (χ4n) is 9.66. The van der Waals surface area contributed by atoms with Gasteiger partial charge in [0.15, 0.2) is 0 Å². The molecule has 0 fully saturated rings. The first kappa shape index (κ1) is 80.9. The number of amides is 5. The zero-order chi connectivity index (χ0) is 69.9. The first-order valence-corrected chi connectivity index (χ1v) is 34.3. The number of carbonyl (C=O) groups excluding carboxylic acids is 5. The van der Waals surface area contributed by atoms with Crippen LogP contribution in [0, 0.1) is 0 Å². The summed E-state index contributed by atoms with van der Waals surface area (Å²) in [6.07, 6.45) is 10.2. The third kappa shape index (κ3) is 34.3. The SMILES string of the molecule is CC.CCCN=Cc1ccc(C(=O)NCCN(CCNC)CCNC(=O)c2ccc(C=NCCN(CCN=Cc3ccc(C(=O)NCCN(CCNC)CCNC(=O)c4ccc(C=NCCN(CCN=Cc5ccc(C(=O)NC)cc5)CCNC)cc4)cc3)CCNC)cc2)cc1. The summed E-state index contributed by atoms with van der Waals surface area (Å²) in [7, 11) is 9.31. The molecule has 0 aromatic heterocycles. The Balaban J connectivity index is 0.00000990. The largest absolute Gasteiger partial charge is 0.355 e. The third-order valence-corrected chi connectivity index (χ3v) is 15.4. The Kier molecular flexibility index (Phi) is 42.4. The number of nitrogens with one attached hydrogen (secondary N) is 9. The van der Waals surface area contributed by atoms with Gasteiger partial charge in [-0.15, -0.1) is 0 Å². The second-order valence-corrected chi connectivity index (χ2v) is 22.7. The van der Waals surface area contributed by atoms with Crippen LogP contribution in [0.5, 0.6) is 0 Å². The van der Waals surface area contributed by atoms with Crippen molar-refractivity contribution in [3.63, 3.8) is 0 Å². The van der Waals surface area contributed by atoms with Crippen molar-refractivity contribution in [2.24, 2.45) is 25.0 Å². The summed E-state index contributed by atoms with van der Waals surface area (Å²) >= 11 is 0. The molecule has 0 atom stereocenters. The van der Waals surface area contributed by atoms with Gasteiger partial charge in [0, 0.05) is 203 Å². The van der Waals surface area contributed by atoms with Gasteiger partial charge in [0.1, 0.15) is 0 Å². The molecule has 0 heterocycles. The molecule has 5 rings (SSSR count). The summed E-state index contributed by atoms with van der Waals surface area (Å²) in [5, 5.41) is 27.6. The van der Waals surface area contributed by atoms with E-state index in [1.807, 2.05) is 182 Å². The number of benzene rings is 5. The van der Waals surface area contributed by atoms with Gasteiger partial charge in [-0.1, -0.05) is 81.4 Å². The maximum absolute atomic E-state index is 13.2. The van der Waals surface area contributed by atoms with Crippen LogP contribution < -0.4 is 47.9 Å². The lowest BCUT2D eigenvalue weighted by atomic mass is 10.1. The quantitative estimate of drug-likeness (QED) is 0.0245. The number of hydrogen-bond donors (Lipinski definition) is 9. The number of nitrogens with zero attached hydrogens (tertiary/aromatic N) is 9. The highest BCUT2D eigenvalue weighted by Crippen LogP contribution is 2.09. The number of hydrogen-bond acceptors (Lipinski definition) is 18. The molecule has 0 aliphatic rings. The summed E-state index contributed by atoms with van der Waals surface area (Å²) in [5.74, 6) is -0.681. The van der Waals surface area contributed by atoms with E-state index >= 15 is 0 Å². The van der Waals surface area contributed by atoms with Crippen molar-refractivity contribution in [3.8, 4) is 0 Å². The van der Waals surface area contributed by atoms with Crippen molar-refractivity contribution in [1.29, 1.82) is 0 Å². The van der Waals surface area contributed by atoms with Gasteiger partial charge in [-0.05, 0) is 123 Å². The molecule has 97 heavy (non-hydrogen) atoms. The molecule has 0 aliphatic carbocycles. The highest BCUT2D eigenvalue weighted by atomic mass is 16.2. The standard InChI is InChI=1S/C72H104N18O5.C2H6/c1-7-28-78-53-58-10-20-64(21-11-58)69(92)83-37-49-89(43-31-75-4)50-38-84-70(93)65-24-14-61(15-25-65)56-81-35-47-88(42-30-74-3)48-36-82-57-62-16-26-67(27-17-62)72(95)86-40-52-90(44-32-76-5)51-39-85-71(94)66-22-12-60(13-23-66)55-80-34-46-87(41-29-73-2)45-33-79-54-59-8-18-63(19-9-59)68(91)77-6;1-2/h8-27,53-57,73-76H,7,28-52H2,1-6H3,(H,77,91)(H,83,92)(H,84,93)(H,85,94)(H,86,95);1-2H3. The molecule has 23 heteroatoms. The second kappa shape index (κ2) is 50.8. The van der Waals surface area contributed by atoms with Crippen LogP contribution in [-0.4, -0.2) is 279 Å². The fourth-order valence-corrected chi connectivity index (χ4v) is 9.66. The van der Waals surface area contributed by atoms with Crippen LogP contribution in [0.4, 0.5) is 0 Å². The molecule has 0 saturated heterocycles. The van der Waals surface area contributed by atoms with Crippen LogP contribution in [0.3, 0.4) is 0 Å². The summed E-state index contributed by atoms with van der Waals surface area (Å²) in [5.41, 5.74) is 7.58. The summed E-state index contributed by atoms with van der Waals surface area (Å²) in [4.78, 5) is 96.1. The molecule has 5 amide bonds. The molecule has 5 aromatic carbocycles. The van der Waals surface area contributed by atoms with E-state index in [0.717, 1.165) is 119 Å². The normalized spacial score (nSPS) is 11.7. The van der Waals surface area contributed by atoms with Gasteiger partial charge < -0.3 is 47.9 Å². The van der Waals surface area contributed by atoms with Crippen molar-refractivity contribution in [1.82, 2.24) is 67.5 Å². The molecule has 0 bridgehead atoms. The Bertz CT molecular complexity index is 3140. The van der Waals surface area contributed by atoms with Gasteiger partial charge in [0.2, 0.25) is 0 Å². The highest BCUT2D eigenvalue weighted by molar-refractivity contribution is 5.97. The van der Waals surface area contributed by atoms with Crippen LogP contribution in [-0.2, 0) is 0 Å². The van der Waals surface area contributed by atoms with E-state index in [0.29, 0.717) is 106 Å². The summed E-state index contributed by atoms with van der Waals surface area (Å²) < 4.78 is 0. The predicted octanol–water partition coefficient (Wildman–Crippen LogP) is 4.38. The van der Waals surface area contributed by atoms with E-state index in [9.17, 15) is 24.0 Å². The highest BCUT2D eigenvalue weighted by Gasteiger charge is 2.14. The maximum Gasteiger partial charge on any atom is 0.251 e. The van der Waals surface area contributed by atoms with Gasteiger partial charge >= 0.3 is 0 Å². The smallest absolute Gasteiger partial charge is 0.251 e. The Morgan fingerprint density at radius 2 is 0.485 bits per heavy atom. The fraction of sp³-hybridized carbons (Fsp3) is 0.459. The molecular formula is C74H110N18O5. The maximum atomic E-state index is 13.2. The first-order chi connectivity index (χ1) is 47.4. The van der Waals surface area contributed by atoms with E-state index in [-0.39, 0.29) is 29.5 Å². The Morgan fingerprint density at radius 3 is 0.691 bits per heavy atom. The molecule has 526 valence electrons. The van der Waals surface area contributed by atoms with Crippen LogP contribution in [0.1, 0.15) is 107 Å². The van der Waals surface area contributed by atoms with Gasteiger partial charge in [-0.25, -0.2) is 0 Å². The van der Waals surface area contributed by atoms with Crippen LogP contribution in [0.15, 0.2) is 146 Å². The van der Waals surface area contributed by atoms with Gasteiger partial charge in [0.25, 0.3) is 29.5 Å². The lowest BCUT2D eigenvalue weighted by Gasteiger charge is -2.22. The zero-order valence-electron chi connectivity index (χ0n) is 58.9. The molecule has 0 radical (unpaired) electrons. The van der Waals surface area contributed by atoms with Crippen molar-refractivity contribution >= 4 is 60.6 Å². The average Bonchev–Trinajstić information content (AvgIpc) is 1.80. The lowest BCUT2D eigenvalue weighted by molar-refractivity contribution is 0.0932. The average molecular weight is 1330 g/mol. The minimum absolute atomic E-state index is 0.114. The number of rotatable bonds is 48. The van der Waals surface area contributed by atoms with Gasteiger partial charge in [-0.2, -0.15) is 0 Å². The van der Waals surface area contributed by atoms with Crippen LogP contribution >= 0.6 is 0 Å². The Hall–Kier alpha value is -8.52. The third-order valence-electron chi connectivity index (χ3n) is 15.4. The van der Waals surface area contributed by atoms with Crippen molar-refractivity contribution in [3.05, 3.63) is 177 Å². The van der Waals surface area contributed by atoms with E-state index in [4.69, 9.17) is 9.98 Å². The number of aliphatic imine (C=N–C) groups is 5.